The van der Waals surface area contributed by atoms with Crippen LogP contribution in [0.2, 0.25) is 0 Å². The van der Waals surface area contributed by atoms with Crippen LogP contribution in [-0.4, -0.2) is 70.4 Å². The predicted octanol–water partition coefficient (Wildman–Crippen LogP) is 5.77. The number of benzene rings is 2. The normalized spacial score (nSPS) is 22.6. The van der Waals surface area contributed by atoms with Gasteiger partial charge in [-0.05, 0) is 36.1 Å². The molecule has 0 N–H and O–H groups in total. The van der Waals surface area contributed by atoms with Gasteiger partial charge in [0.05, 0.1) is 0 Å². The van der Waals surface area contributed by atoms with Crippen LogP contribution in [0, 0.1) is 0 Å². The van der Waals surface area contributed by atoms with Gasteiger partial charge in [-0.1, -0.05) is 60.7 Å². The summed E-state index contributed by atoms with van der Waals surface area (Å²) < 4.78 is 168. The van der Waals surface area contributed by atoms with Crippen LogP contribution in [0.25, 0.3) is 0 Å². The van der Waals surface area contributed by atoms with E-state index in [-0.39, 0.29) is 26.1 Å². The van der Waals surface area contributed by atoms with Crippen molar-refractivity contribution in [2.24, 2.45) is 0 Å². The minimum Gasteiger partial charge on any atom is -0.372 e. The largest absolute Gasteiger partial charge is 0.419 e. The summed E-state index contributed by atoms with van der Waals surface area (Å²) in [5.74, 6) is -9.63. The third-order valence-electron chi connectivity index (χ3n) is 6.89. The third kappa shape index (κ3) is 6.58. The van der Waals surface area contributed by atoms with Crippen molar-refractivity contribution in [3.8, 4) is 0 Å². The van der Waals surface area contributed by atoms with Crippen LogP contribution in [0.1, 0.15) is 25.7 Å². The van der Waals surface area contributed by atoms with E-state index in [9.17, 15) is 26.3 Å². The average molecular weight is 621 g/mol. The van der Waals surface area contributed by atoms with E-state index in [0.717, 1.165) is 24.3 Å². The smallest absolute Gasteiger partial charge is 0.372 e. The number of halogens is 10. The van der Waals surface area contributed by atoms with Gasteiger partial charge in [-0.2, -0.15) is 26.3 Å². The molecule has 4 atom stereocenters. The molecule has 0 saturated carbocycles. The Morgan fingerprint density at radius 3 is 1.20 bits per heavy atom. The Bertz CT molecular complexity index is 1030. The van der Waals surface area contributed by atoms with Gasteiger partial charge in [-0.3, -0.25) is 0 Å². The maximum absolute atomic E-state index is 15.5. The van der Waals surface area contributed by atoms with Gasteiger partial charge in [-0.15, -0.1) is 0 Å². The van der Waals surface area contributed by atoms with E-state index in [4.69, 9.17) is 18.3 Å². The molecule has 0 spiro atoms. The first-order valence-electron chi connectivity index (χ1n) is 12.7. The zero-order valence-corrected chi connectivity index (χ0v) is 22.2. The van der Waals surface area contributed by atoms with Gasteiger partial charge in [0.25, 0.3) is 0 Å². The molecular weight excluding hydrogens is 594 g/mol. The van der Waals surface area contributed by atoms with Crippen molar-refractivity contribution in [3.63, 3.8) is 0 Å². The van der Waals surface area contributed by atoms with Crippen LogP contribution < -0.4 is 10.4 Å². The Hall–Kier alpha value is -2.20. The number of hydrogen-bond acceptors (Lipinski definition) is 4. The number of ether oxygens (including phenoxy) is 2. The second-order valence-corrected chi connectivity index (χ2v) is 12.6. The summed E-state index contributed by atoms with van der Waals surface area (Å²) in [4.78, 5) is 0. The summed E-state index contributed by atoms with van der Waals surface area (Å²) in [6.45, 7) is -0.546. The Morgan fingerprint density at radius 1 is 0.585 bits per heavy atom. The Labute approximate surface area is 229 Å². The highest BCUT2D eigenvalue weighted by atomic mass is 28.4. The molecule has 2 fully saturated rings. The van der Waals surface area contributed by atoms with Crippen molar-refractivity contribution in [1.82, 2.24) is 0 Å². The van der Waals surface area contributed by atoms with Crippen LogP contribution in [0.4, 0.5) is 43.9 Å². The highest BCUT2D eigenvalue weighted by Crippen LogP contribution is 2.45. The van der Waals surface area contributed by atoms with Crippen molar-refractivity contribution in [3.05, 3.63) is 60.7 Å². The zero-order valence-electron chi connectivity index (χ0n) is 21.2. The lowest BCUT2D eigenvalue weighted by Crippen LogP contribution is -2.72. The average Bonchev–Trinajstić information content (AvgIpc) is 3.64. The molecule has 4 rings (SSSR count). The van der Waals surface area contributed by atoms with Crippen LogP contribution in [0.5, 0.6) is 0 Å². The van der Waals surface area contributed by atoms with E-state index in [2.05, 4.69) is 0 Å². The van der Waals surface area contributed by atoms with Gasteiger partial charge in [0.2, 0.25) is 12.2 Å². The predicted molar refractivity (Wildman–Crippen MR) is 128 cm³/mol. The number of hydrogen-bond donors (Lipinski definition) is 0. The fourth-order valence-electron chi connectivity index (χ4n) is 4.94. The second-order valence-electron chi connectivity index (χ2n) is 9.78. The van der Waals surface area contributed by atoms with Gasteiger partial charge in [0.1, 0.15) is 12.2 Å². The Kier molecular flexibility index (Phi) is 9.15. The minimum atomic E-state index is -5.87. The van der Waals surface area contributed by atoms with Crippen LogP contribution in [0.3, 0.4) is 0 Å². The van der Waals surface area contributed by atoms with E-state index < -0.39 is 80.4 Å². The van der Waals surface area contributed by atoms with E-state index in [1.165, 1.54) is 36.4 Å². The van der Waals surface area contributed by atoms with Gasteiger partial charge in [0, 0.05) is 13.2 Å². The maximum atomic E-state index is 15.5. The molecule has 2 heterocycles. The van der Waals surface area contributed by atoms with Crippen molar-refractivity contribution >= 4 is 18.9 Å². The third-order valence-corrected chi connectivity index (χ3v) is 10.2. The van der Waals surface area contributed by atoms with Crippen LogP contribution in [0.15, 0.2) is 60.7 Å². The standard InChI is InChI=1S/C26H26F10O4Si/c27-23(28,19-13-7-15-37-19)21(25(31,32)33)39-41(17-9-3-1-4-10-17,18-11-5-2-6-12-18)40-22(26(34,35)36)24(29,30)20-14-8-16-38-20/h1-6,9-12,19-22H,7-8,13-16H2. The lowest BCUT2D eigenvalue weighted by molar-refractivity contribution is -0.301. The van der Waals surface area contributed by atoms with Crippen molar-refractivity contribution in [2.75, 3.05) is 13.2 Å². The van der Waals surface area contributed by atoms with Gasteiger partial charge >= 0.3 is 32.8 Å². The van der Waals surface area contributed by atoms with E-state index in [0.29, 0.717) is 0 Å². The Balaban J connectivity index is 1.94. The quantitative estimate of drug-likeness (QED) is 0.250. The van der Waals surface area contributed by atoms with E-state index in [1.54, 1.807) is 0 Å². The van der Waals surface area contributed by atoms with Gasteiger partial charge in [-0.25, -0.2) is 17.6 Å². The molecule has 0 radical (unpaired) electrons. The molecule has 4 nitrogen and oxygen atoms in total. The zero-order chi connectivity index (χ0) is 30.1. The monoisotopic (exact) mass is 620 g/mol. The first kappa shape index (κ1) is 31.7. The molecule has 15 heteroatoms. The maximum Gasteiger partial charge on any atom is 0.419 e. The highest BCUT2D eigenvalue weighted by molar-refractivity contribution is 6.92. The topological polar surface area (TPSA) is 36.9 Å². The lowest BCUT2D eigenvalue weighted by atomic mass is 10.0. The fraction of sp³-hybridized carbons (Fsp3) is 0.538. The molecule has 2 aromatic carbocycles. The summed E-state index contributed by atoms with van der Waals surface area (Å²) in [5, 5.41) is -1.05. The molecule has 0 aliphatic carbocycles. The number of alkyl halides is 10. The molecule has 228 valence electrons. The molecule has 2 saturated heterocycles. The molecule has 4 unspecified atom stereocenters. The fourth-order valence-corrected chi connectivity index (χ4v) is 8.38. The van der Waals surface area contributed by atoms with Crippen LogP contribution >= 0.6 is 0 Å². The van der Waals surface area contributed by atoms with Gasteiger partial charge < -0.3 is 18.3 Å². The molecule has 41 heavy (non-hydrogen) atoms. The molecule has 0 amide bonds. The first-order valence-corrected chi connectivity index (χ1v) is 14.5. The SMILES string of the molecule is FC(F)(F)C(O[Si](OC(C(F)(F)F)C(F)(F)C1CCCO1)(c1ccccc1)c1ccccc1)C(F)(F)C1CCCO1. The minimum absolute atomic E-state index is 0.00499. The molecule has 2 aliphatic rings. The van der Waals surface area contributed by atoms with Crippen molar-refractivity contribution in [2.45, 2.75) is 74.3 Å². The summed E-state index contributed by atoms with van der Waals surface area (Å²) in [7, 11) is -5.73. The molecule has 2 aliphatic heterocycles. The van der Waals surface area contributed by atoms with Crippen molar-refractivity contribution in [1.29, 1.82) is 0 Å². The molecule has 0 bridgehead atoms. The summed E-state index contributed by atoms with van der Waals surface area (Å²) >= 11 is 0. The summed E-state index contributed by atoms with van der Waals surface area (Å²) in [6, 6.07) is 11.4. The molecule has 2 aromatic rings. The molecule has 0 aromatic heterocycles. The molecular formula is C26H26F10O4Si. The Morgan fingerprint density at radius 2 is 0.927 bits per heavy atom. The van der Waals surface area contributed by atoms with E-state index >= 15 is 17.6 Å². The van der Waals surface area contributed by atoms with Crippen LogP contribution in [-0.2, 0) is 18.3 Å². The first-order chi connectivity index (χ1) is 19.1. The van der Waals surface area contributed by atoms with Crippen molar-refractivity contribution < 1.29 is 62.2 Å². The second kappa shape index (κ2) is 11.8. The summed E-state index contributed by atoms with van der Waals surface area (Å²) in [5.41, 5.74) is 0. The summed E-state index contributed by atoms with van der Waals surface area (Å²) in [6.07, 6.45) is -25.4. The van der Waals surface area contributed by atoms with Gasteiger partial charge in [0.15, 0.2) is 0 Å². The lowest BCUT2D eigenvalue weighted by Gasteiger charge is -2.43. The number of rotatable bonds is 10. The highest BCUT2D eigenvalue weighted by Gasteiger charge is 2.69. The van der Waals surface area contributed by atoms with E-state index in [1.807, 2.05) is 0 Å².